The van der Waals surface area contributed by atoms with E-state index in [0.29, 0.717) is 32.5 Å². The molecule has 0 spiro atoms. The average molecular weight is 435 g/mol. The second-order valence-corrected chi connectivity index (χ2v) is 10.1. The van der Waals surface area contributed by atoms with E-state index in [4.69, 9.17) is 10.00 Å². The minimum atomic E-state index is -1.35. The molecule has 0 aliphatic carbocycles. The molecule has 3 heterocycles. The SMILES string of the molecule is CN1CCN(c2nc([S+](C)[O-])nc3c2CCN(C(=O)OC(C)(C)C)C3)C[C@@H]1CC#N. The van der Waals surface area contributed by atoms with Crippen LogP contribution in [-0.4, -0.2) is 81.5 Å². The van der Waals surface area contributed by atoms with Gasteiger partial charge in [-0.25, -0.2) is 4.79 Å². The van der Waals surface area contributed by atoms with Gasteiger partial charge in [-0.2, -0.15) is 15.2 Å². The number of fused-ring (bicyclic) bond motifs is 1. The zero-order chi connectivity index (χ0) is 22.1. The number of nitriles is 1. The lowest BCUT2D eigenvalue weighted by molar-refractivity contribution is 0.0220. The highest BCUT2D eigenvalue weighted by molar-refractivity contribution is 7.90. The highest BCUT2D eigenvalue weighted by atomic mass is 32.2. The summed E-state index contributed by atoms with van der Waals surface area (Å²) in [5.41, 5.74) is 1.14. The van der Waals surface area contributed by atoms with Crippen molar-refractivity contribution in [3.63, 3.8) is 0 Å². The van der Waals surface area contributed by atoms with Crippen LogP contribution in [0.5, 0.6) is 0 Å². The number of nitrogens with zero attached hydrogens (tertiary/aromatic N) is 6. The van der Waals surface area contributed by atoms with Crippen molar-refractivity contribution in [1.82, 2.24) is 19.8 Å². The van der Waals surface area contributed by atoms with Crippen LogP contribution in [0.2, 0.25) is 0 Å². The van der Waals surface area contributed by atoms with Crippen molar-refractivity contribution < 1.29 is 14.1 Å². The number of rotatable bonds is 3. The number of ether oxygens (including phenoxy) is 1. The largest absolute Gasteiger partial charge is 0.609 e. The van der Waals surface area contributed by atoms with Gasteiger partial charge in [0.15, 0.2) is 0 Å². The smallest absolute Gasteiger partial charge is 0.410 e. The van der Waals surface area contributed by atoms with Crippen molar-refractivity contribution in [3.8, 4) is 6.07 Å². The standard InChI is InChI=1S/C20H30N6O3S/c1-20(2,3)29-19(27)26-9-7-15-16(13-26)22-18(30(5)28)23-17(15)25-11-10-24(4)14(12-25)6-8-21/h14H,6-7,9-13H2,1-5H3/t14-,30?/m0/s1. The monoisotopic (exact) mass is 434 g/mol. The summed E-state index contributed by atoms with van der Waals surface area (Å²) in [6.45, 7) is 8.61. The predicted octanol–water partition coefficient (Wildman–Crippen LogP) is 1.54. The molecule has 30 heavy (non-hydrogen) atoms. The van der Waals surface area contributed by atoms with Gasteiger partial charge in [-0.05, 0) is 34.2 Å². The summed E-state index contributed by atoms with van der Waals surface area (Å²) >= 11 is -1.35. The van der Waals surface area contributed by atoms with E-state index in [9.17, 15) is 9.35 Å². The van der Waals surface area contributed by atoms with Crippen molar-refractivity contribution in [3.05, 3.63) is 11.3 Å². The molecule has 1 fully saturated rings. The maximum absolute atomic E-state index is 12.5. The molecule has 1 amide bonds. The number of piperazine rings is 1. The van der Waals surface area contributed by atoms with Crippen molar-refractivity contribution in [2.24, 2.45) is 0 Å². The van der Waals surface area contributed by atoms with Gasteiger partial charge >= 0.3 is 11.2 Å². The second kappa shape index (κ2) is 8.96. The number of hydrogen-bond acceptors (Lipinski definition) is 8. The summed E-state index contributed by atoms with van der Waals surface area (Å²) in [6.07, 6.45) is 2.23. The Hall–Kier alpha value is -2.09. The molecular formula is C20H30N6O3S. The van der Waals surface area contributed by atoms with Crippen LogP contribution >= 0.6 is 0 Å². The Bertz CT molecular complexity index is 835. The van der Waals surface area contributed by atoms with Crippen molar-refractivity contribution >= 4 is 23.1 Å². The van der Waals surface area contributed by atoms with Gasteiger partial charge in [-0.1, -0.05) is 0 Å². The number of carbonyl (C=O) groups is 1. The molecule has 10 heteroatoms. The lowest BCUT2D eigenvalue weighted by Gasteiger charge is -2.40. The molecular weight excluding hydrogens is 404 g/mol. The number of carbonyl (C=O) groups excluding carboxylic acids is 1. The maximum atomic E-state index is 12.5. The lowest BCUT2D eigenvalue weighted by Crippen LogP contribution is -2.52. The third-order valence-electron chi connectivity index (χ3n) is 5.34. The first kappa shape index (κ1) is 22.6. The Morgan fingerprint density at radius 2 is 2.07 bits per heavy atom. The Labute approximate surface area is 181 Å². The van der Waals surface area contributed by atoms with Crippen LogP contribution in [0.4, 0.5) is 10.6 Å². The molecule has 9 nitrogen and oxygen atoms in total. The van der Waals surface area contributed by atoms with E-state index >= 15 is 0 Å². The highest BCUT2D eigenvalue weighted by Crippen LogP contribution is 2.30. The fourth-order valence-corrected chi connectivity index (χ4v) is 4.18. The van der Waals surface area contributed by atoms with E-state index in [1.807, 2.05) is 27.8 Å². The fraction of sp³-hybridized carbons (Fsp3) is 0.700. The highest BCUT2D eigenvalue weighted by Gasteiger charge is 2.33. The topological polar surface area (TPSA) is 109 Å². The summed E-state index contributed by atoms with van der Waals surface area (Å²) in [5.74, 6) is 0.782. The van der Waals surface area contributed by atoms with Crippen LogP contribution in [0, 0.1) is 11.3 Å². The third kappa shape index (κ3) is 5.14. The van der Waals surface area contributed by atoms with E-state index in [2.05, 4.69) is 25.8 Å². The predicted molar refractivity (Wildman–Crippen MR) is 114 cm³/mol. The minimum absolute atomic E-state index is 0.117. The second-order valence-electron chi connectivity index (χ2n) is 8.80. The van der Waals surface area contributed by atoms with Gasteiger partial charge in [0.1, 0.15) is 17.7 Å². The number of aromatic nitrogens is 2. The molecule has 1 aromatic rings. The zero-order valence-corrected chi connectivity index (χ0v) is 19.2. The molecule has 0 radical (unpaired) electrons. The van der Waals surface area contributed by atoms with E-state index in [0.717, 1.165) is 30.2 Å². The Balaban J connectivity index is 1.90. The van der Waals surface area contributed by atoms with Gasteiger partial charge in [-0.15, -0.1) is 0 Å². The molecule has 2 aliphatic heterocycles. The van der Waals surface area contributed by atoms with Crippen molar-refractivity contribution in [2.45, 2.75) is 57.0 Å². The average Bonchev–Trinajstić information content (AvgIpc) is 2.67. The molecule has 0 bridgehead atoms. The first-order chi connectivity index (χ1) is 14.1. The van der Waals surface area contributed by atoms with E-state index in [-0.39, 0.29) is 17.3 Å². The van der Waals surface area contributed by atoms with Crippen LogP contribution in [0.1, 0.15) is 38.4 Å². The van der Waals surface area contributed by atoms with Crippen molar-refractivity contribution in [1.29, 1.82) is 5.26 Å². The minimum Gasteiger partial charge on any atom is -0.609 e. The fourth-order valence-electron chi connectivity index (χ4n) is 3.73. The molecule has 0 N–H and O–H groups in total. The van der Waals surface area contributed by atoms with Crippen molar-refractivity contribution in [2.75, 3.05) is 44.4 Å². The van der Waals surface area contributed by atoms with Crippen LogP contribution in [0.25, 0.3) is 0 Å². The lowest BCUT2D eigenvalue weighted by atomic mass is 10.0. The molecule has 1 aromatic heterocycles. The number of amides is 1. The normalized spacial score (nSPS) is 21.0. The summed E-state index contributed by atoms with van der Waals surface area (Å²) in [5, 5.41) is 9.42. The van der Waals surface area contributed by atoms with E-state index in [1.54, 1.807) is 11.2 Å². The summed E-state index contributed by atoms with van der Waals surface area (Å²) < 4.78 is 17.7. The summed E-state index contributed by atoms with van der Waals surface area (Å²) in [6, 6.07) is 2.38. The zero-order valence-electron chi connectivity index (χ0n) is 18.3. The van der Waals surface area contributed by atoms with E-state index in [1.165, 1.54) is 0 Å². The maximum Gasteiger partial charge on any atom is 0.410 e. The molecule has 1 saturated heterocycles. The molecule has 164 valence electrons. The van der Waals surface area contributed by atoms with Crippen LogP contribution in [0.15, 0.2) is 5.16 Å². The molecule has 2 atom stereocenters. The van der Waals surface area contributed by atoms with Crippen LogP contribution in [0.3, 0.4) is 0 Å². The van der Waals surface area contributed by atoms with E-state index < -0.39 is 16.8 Å². The Morgan fingerprint density at radius 1 is 1.33 bits per heavy atom. The van der Waals surface area contributed by atoms with Gasteiger partial charge < -0.3 is 19.1 Å². The number of anilines is 1. The Kier molecular flexibility index (Phi) is 6.75. The van der Waals surface area contributed by atoms with Crippen LogP contribution < -0.4 is 4.90 Å². The van der Waals surface area contributed by atoms with Gasteiger partial charge in [0, 0.05) is 49.0 Å². The van der Waals surface area contributed by atoms with Crippen LogP contribution in [-0.2, 0) is 28.9 Å². The summed E-state index contributed by atoms with van der Waals surface area (Å²) in [7, 11) is 2.03. The third-order valence-corrected chi connectivity index (χ3v) is 6.03. The molecule has 1 unspecified atom stereocenters. The number of hydrogen-bond donors (Lipinski definition) is 0. The van der Waals surface area contributed by atoms with Gasteiger partial charge in [0.25, 0.3) is 0 Å². The Morgan fingerprint density at radius 3 is 2.70 bits per heavy atom. The molecule has 0 saturated carbocycles. The first-order valence-corrected chi connectivity index (χ1v) is 11.7. The molecule has 0 aromatic carbocycles. The quantitative estimate of drug-likeness (QED) is 0.521. The first-order valence-electron chi connectivity index (χ1n) is 10.1. The van der Waals surface area contributed by atoms with Gasteiger partial charge in [0.05, 0.1) is 24.7 Å². The van der Waals surface area contributed by atoms with Gasteiger partial charge in [0.2, 0.25) is 0 Å². The molecule has 2 aliphatic rings. The summed E-state index contributed by atoms with van der Waals surface area (Å²) in [4.78, 5) is 27.7. The molecule has 3 rings (SSSR count). The van der Waals surface area contributed by atoms with Gasteiger partial charge in [-0.3, -0.25) is 4.90 Å². The number of likely N-dealkylation sites (N-methyl/N-ethyl adjacent to an activating group) is 1.